The van der Waals surface area contributed by atoms with E-state index in [0.29, 0.717) is 4.75 Å². The molecule has 0 heterocycles. The van der Waals surface area contributed by atoms with E-state index >= 15 is 0 Å². The van der Waals surface area contributed by atoms with Crippen LogP contribution in [0.25, 0.3) is 0 Å². The lowest BCUT2D eigenvalue weighted by atomic mass is 10.3. The summed E-state index contributed by atoms with van der Waals surface area (Å²) in [4.78, 5) is 0. The van der Waals surface area contributed by atoms with Gasteiger partial charge in [0.15, 0.2) is 0 Å². The van der Waals surface area contributed by atoms with E-state index in [1.807, 2.05) is 11.8 Å². The van der Waals surface area contributed by atoms with Crippen LogP contribution in [0.2, 0.25) is 0 Å². The van der Waals surface area contributed by atoms with Gasteiger partial charge in [0.05, 0.1) is 0 Å². The van der Waals surface area contributed by atoms with E-state index in [4.69, 9.17) is 0 Å². The molecule has 0 amide bonds. The van der Waals surface area contributed by atoms with Crippen molar-refractivity contribution < 1.29 is 0 Å². The summed E-state index contributed by atoms with van der Waals surface area (Å²) in [6, 6.07) is 0. The average molecular weight is 118 g/mol. The molecule has 0 aliphatic carbocycles. The molecule has 0 unspecified atom stereocenters. The minimum atomic E-state index is 0.467. The molecular formula is C6H14S. The molecule has 7 heavy (non-hydrogen) atoms. The van der Waals surface area contributed by atoms with Gasteiger partial charge in [0.1, 0.15) is 0 Å². The Labute approximate surface area is 50.7 Å². The molecule has 0 N–H and O–H groups in total. The summed E-state index contributed by atoms with van der Waals surface area (Å²) >= 11 is 1.99. The van der Waals surface area contributed by atoms with Gasteiger partial charge in [0, 0.05) is 4.75 Å². The van der Waals surface area contributed by atoms with Gasteiger partial charge in [0.25, 0.3) is 0 Å². The monoisotopic (exact) mass is 118 g/mol. The SMILES string of the molecule is CCSC(C)(C)C. The maximum Gasteiger partial charge on any atom is 0.00749 e. The zero-order valence-electron chi connectivity index (χ0n) is 5.62. The van der Waals surface area contributed by atoms with Crippen molar-refractivity contribution in [2.75, 3.05) is 5.75 Å². The van der Waals surface area contributed by atoms with Crippen LogP contribution in [0.15, 0.2) is 0 Å². The topological polar surface area (TPSA) is 0 Å². The third-order valence-corrected chi connectivity index (χ3v) is 1.73. The Bertz CT molecular complexity index is 42.6. The van der Waals surface area contributed by atoms with E-state index in [9.17, 15) is 0 Å². The molecule has 0 nitrogen and oxygen atoms in total. The van der Waals surface area contributed by atoms with Crippen molar-refractivity contribution in [3.8, 4) is 0 Å². The molecule has 0 bridgehead atoms. The smallest absolute Gasteiger partial charge is 0.00749 e. The molecule has 0 atom stereocenters. The Morgan fingerprint density at radius 2 is 1.71 bits per heavy atom. The van der Waals surface area contributed by atoms with E-state index in [-0.39, 0.29) is 0 Å². The Balaban J connectivity index is 3.15. The van der Waals surface area contributed by atoms with Crippen molar-refractivity contribution in [2.24, 2.45) is 0 Å². The fraction of sp³-hybridized carbons (Fsp3) is 1.00. The molecule has 0 aromatic carbocycles. The number of thioether (sulfide) groups is 1. The molecule has 0 aliphatic heterocycles. The summed E-state index contributed by atoms with van der Waals surface area (Å²) in [6.07, 6.45) is 0. The van der Waals surface area contributed by atoms with Crippen LogP contribution >= 0.6 is 11.8 Å². The normalized spacial score (nSPS) is 12.0. The summed E-state index contributed by atoms with van der Waals surface area (Å²) in [5.41, 5.74) is 0. The lowest BCUT2D eigenvalue weighted by molar-refractivity contribution is 0.803. The Hall–Kier alpha value is 0.350. The van der Waals surface area contributed by atoms with Gasteiger partial charge in [-0.25, -0.2) is 0 Å². The summed E-state index contributed by atoms with van der Waals surface area (Å²) in [5, 5.41) is 0. The number of rotatable bonds is 1. The maximum absolute atomic E-state index is 2.24. The number of hydrogen-bond donors (Lipinski definition) is 0. The van der Waals surface area contributed by atoms with Crippen molar-refractivity contribution in [2.45, 2.75) is 32.4 Å². The highest BCUT2D eigenvalue weighted by atomic mass is 32.2. The van der Waals surface area contributed by atoms with Crippen molar-refractivity contribution >= 4 is 11.8 Å². The van der Waals surface area contributed by atoms with Gasteiger partial charge in [-0.1, -0.05) is 27.7 Å². The standard InChI is InChI=1S/C6H14S/c1-5-7-6(2,3)4/h5H2,1-4H3. The lowest BCUT2D eigenvalue weighted by Gasteiger charge is -2.14. The predicted octanol–water partition coefficient (Wildman–Crippen LogP) is 2.54. The van der Waals surface area contributed by atoms with Crippen LogP contribution in [0.3, 0.4) is 0 Å². The largest absolute Gasteiger partial charge is 0.156 e. The molecule has 0 aliphatic rings. The second-order valence-corrected chi connectivity index (χ2v) is 4.64. The van der Waals surface area contributed by atoms with Crippen LogP contribution in [0.1, 0.15) is 27.7 Å². The van der Waals surface area contributed by atoms with Gasteiger partial charge in [-0.15, -0.1) is 0 Å². The third-order valence-electron chi connectivity index (χ3n) is 0.577. The highest BCUT2D eigenvalue weighted by Crippen LogP contribution is 2.21. The average Bonchev–Trinajstić information content (AvgIpc) is 1.30. The summed E-state index contributed by atoms with van der Waals surface area (Å²) in [7, 11) is 0. The molecule has 1 heteroatoms. The minimum absolute atomic E-state index is 0.467. The first-order valence-electron chi connectivity index (χ1n) is 2.70. The molecule has 0 rings (SSSR count). The zero-order valence-corrected chi connectivity index (χ0v) is 6.43. The zero-order chi connectivity index (χ0) is 5.91. The van der Waals surface area contributed by atoms with Gasteiger partial charge < -0.3 is 0 Å². The fourth-order valence-electron chi connectivity index (χ4n) is 0.433. The second kappa shape index (κ2) is 2.61. The van der Waals surface area contributed by atoms with Gasteiger partial charge in [-0.05, 0) is 5.75 Å². The van der Waals surface area contributed by atoms with Crippen LogP contribution in [0, 0.1) is 0 Å². The van der Waals surface area contributed by atoms with Crippen LogP contribution in [-0.2, 0) is 0 Å². The highest BCUT2D eigenvalue weighted by Gasteiger charge is 2.06. The summed E-state index contributed by atoms with van der Waals surface area (Å²) < 4.78 is 0.467. The molecule has 0 aromatic rings. The Kier molecular flexibility index (Phi) is 2.74. The van der Waals surface area contributed by atoms with E-state index in [0.717, 1.165) is 0 Å². The van der Waals surface area contributed by atoms with Crippen molar-refractivity contribution in [1.29, 1.82) is 0 Å². The minimum Gasteiger partial charge on any atom is -0.156 e. The summed E-state index contributed by atoms with van der Waals surface area (Å²) in [5.74, 6) is 1.23. The molecule has 0 aromatic heterocycles. The molecule has 0 saturated heterocycles. The summed E-state index contributed by atoms with van der Waals surface area (Å²) in [6.45, 7) is 8.90. The quantitative estimate of drug-likeness (QED) is 0.510. The first-order chi connectivity index (χ1) is 3.06. The van der Waals surface area contributed by atoms with Crippen LogP contribution < -0.4 is 0 Å². The molecule has 0 spiro atoms. The Morgan fingerprint density at radius 3 is 1.71 bits per heavy atom. The third kappa shape index (κ3) is 6.35. The van der Waals surface area contributed by atoms with Crippen LogP contribution in [-0.4, -0.2) is 10.5 Å². The maximum atomic E-state index is 2.24. The second-order valence-electron chi connectivity index (χ2n) is 2.55. The number of hydrogen-bond acceptors (Lipinski definition) is 1. The van der Waals surface area contributed by atoms with Crippen LogP contribution in [0.4, 0.5) is 0 Å². The first-order valence-corrected chi connectivity index (χ1v) is 3.69. The molecule has 0 saturated carbocycles. The van der Waals surface area contributed by atoms with Crippen LogP contribution in [0.5, 0.6) is 0 Å². The van der Waals surface area contributed by atoms with Gasteiger partial charge in [0.2, 0.25) is 0 Å². The van der Waals surface area contributed by atoms with E-state index in [1.165, 1.54) is 5.75 Å². The van der Waals surface area contributed by atoms with Gasteiger partial charge in [-0.3, -0.25) is 0 Å². The van der Waals surface area contributed by atoms with Gasteiger partial charge >= 0.3 is 0 Å². The Morgan fingerprint density at radius 1 is 1.29 bits per heavy atom. The highest BCUT2D eigenvalue weighted by molar-refractivity contribution is 8.00. The molecule has 0 radical (unpaired) electrons. The lowest BCUT2D eigenvalue weighted by Crippen LogP contribution is -2.06. The van der Waals surface area contributed by atoms with Crippen molar-refractivity contribution in [1.82, 2.24) is 0 Å². The van der Waals surface area contributed by atoms with Crippen molar-refractivity contribution in [3.05, 3.63) is 0 Å². The first kappa shape index (κ1) is 7.35. The van der Waals surface area contributed by atoms with E-state index < -0.39 is 0 Å². The van der Waals surface area contributed by atoms with Gasteiger partial charge in [-0.2, -0.15) is 11.8 Å². The van der Waals surface area contributed by atoms with Crippen molar-refractivity contribution in [3.63, 3.8) is 0 Å². The molecule has 44 valence electrons. The molecular weight excluding hydrogens is 104 g/mol. The molecule has 0 fully saturated rings. The fourth-order valence-corrected chi connectivity index (χ4v) is 1.30. The van der Waals surface area contributed by atoms with E-state index in [2.05, 4.69) is 27.7 Å². The van der Waals surface area contributed by atoms with E-state index in [1.54, 1.807) is 0 Å². The predicted molar refractivity (Wildman–Crippen MR) is 37.9 cm³/mol.